The van der Waals surface area contributed by atoms with Crippen molar-refractivity contribution < 1.29 is 13.9 Å². The highest BCUT2D eigenvalue weighted by Crippen LogP contribution is 2.10. The first-order valence-corrected chi connectivity index (χ1v) is 5.83. The summed E-state index contributed by atoms with van der Waals surface area (Å²) < 4.78 is 18.4. The van der Waals surface area contributed by atoms with E-state index in [4.69, 9.17) is 16.3 Å². The topological polar surface area (TPSA) is 29.5 Å². The number of benzene rings is 1. The zero-order chi connectivity index (χ0) is 12.7. The smallest absolute Gasteiger partial charge is 0.256 e. The van der Waals surface area contributed by atoms with E-state index >= 15 is 0 Å². The van der Waals surface area contributed by atoms with Gasteiger partial charge in [-0.15, -0.1) is 11.6 Å². The van der Waals surface area contributed by atoms with E-state index in [9.17, 15) is 9.18 Å². The van der Waals surface area contributed by atoms with Gasteiger partial charge in [-0.3, -0.25) is 4.79 Å². The third kappa shape index (κ3) is 3.98. The molecule has 0 unspecified atom stereocenters. The molecule has 0 aliphatic rings. The first-order chi connectivity index (χ1) is 8.20. The Kier molecular flexibility index (Phi) is 5.94. The minimum atomic E-state index is -0.519. The van der Waals surface area contributed by atoms with Crippen LogP contribution < -0.4 is 0 Å². The van der Waals surface area contributed by atoms with E-state index in [0.717, 1.165) is 0 Å². The molecule has 0 saturated heterocycles. The minimum absolute atomic E-state index is 0.0636. The molecule has 1 rings (SSSR count). The Hall–Kier alpha value is -1.13. The van der Waals surface area contributed by atoms with Crippen molar-refractivity contribution in [1.29, 1.82) is 0 Å². The Morgan fingerprint density at radius 3 is 2.71 bits per heavy atom. The molecule has 0 radical (unpaired) electrons. The van der Waals surface area contributed by atoms with E-state index in [1.165, 1.54) is 17.0 Å². The second-order valence-corrected chi connectivity index (χ2v) is 3.83. The summed E-state index contributed by atoms with van der Waals surface area (Å²) >= 11 is 5.62. The van der Waals surface area contributed by atoms with Crippen molar-refractivity contribution in [2.75, 3.05) is 32.7 Å². The van der Waals surface area contributed by atoms with Crippen molar-refractivity contribution in [1.82, 2.24) is 4.90 Å². The Labute approximate surface area is 105 Å². The number of nitrogens with zero attached hydrogens (tertiary/aromatic N) is 1. The van der Waals surface area contributed by atoms with Crippen LogP contribution in [0, 0.1) is 5.82 Å². The molecule has 1 aromatic carbocycles. The molecule has 0 spiro atoms. The molecular formula is C12H15ClFNO2. The molecule has 5 heteroatoms. The van der Waals surface area contributed by atoms with E-state index < -0.39 is 5.82 Å². The average Bonchev–Trinajstić information content (AvgIpc) is 2.34. The monoisotopic (exact) mass is 259 g/mol. The first-order valence-electron chi connectivity index (χ1n) is 5.29. The van der Waals surface area contributed by atoms with Gasteiger partial charge in [0.05, 0.1) is 12.2 Å². The molecule has 94 valence electrons. The lowest BCUT2D eigenvalue weighted by molar-refractivity contribution is 0.0703. The number of hydrogen-bond donors (Lipinski definition) is 0. The van der Waals surface area contributed by atoms with E-state index in [1.807, 2.05) is 0 Å². The first kappa shape index (κ1) is 13.9. The van der Waals surface area contributed by atoms with Gasteiger partial charge in [-0.25, -0.2) is 4.39 Å². The lowest BCUT2D eigenvalue weighted by atomic mass is 10.2. The van der Waals surface area contributed by atoms with Gasteiger partial charge in [-0.1, -0.05) is 12.1 Å². The van der Waals surface area contributed by atoms with Crippen LogP contribution in [0.15, 0.2) is 24.3 Å². The van der Waals surface area contributed by atoms with Crippen LogP contribution in [-0.4, -0.2) is 43.5 Å². The van der Waals surface area contributed by atoms with Crippen molar-refractivity contribution in [2.24, 2.45) is 0 Å². The lowest BCUT2D eigenvalue weighted by Gasteiger charge is -2.21. The van der Waals surface area contributed by atoms with Crippen LogP contribution in [0.3, 0.4) is 0 Å². The van der Waals surface area contributed by atoms with Gasteiger partial charge in [0.2, 0.25) is 0 Å². The summed E-state index contributed by atoms with van der Waals surface area (Å²) in [6.45, 7) is 1.17. The predicted octanol–water partition coefficient (Wildman–Crippen LogP) is 2.15. The van der Waals surface area contributed by atoms with Gasteiger partial charge in [0, 0.05) is 26.1 Å². The van der Waals surface area contributed by atoms with Crippen LogP contribution in [0.5, 0.6) is 0 Å². The van der Waals surface area contributed by atoms with Gasteiger partial charge in [0.15, 0.2) is 0 Å². The van der Waals surface area contributed by atoms with Crippen LogP contribution in [0.4, 0.5) is 4.39 Å². The molecule has 0 N–H and O–H groups in total. The third-order valence-corrected chi connectivity index (χ3v) is 2.48. The molecule has 3 nitrogen and oxygen atoms in total. The summed E-state index contributed by atoms with van der Waals surface area (Å²) in [5, 5.41) is 0. The molecule has 0 aliphatic heterocycles. The maximum Gasteiger partial charge on any atom is 0.256 e. The average molecular weight is 260 g/mol. The summed E-state index contributed by atoms with van der Waals surface area (Å²) in [7, 11) is 1.55. The molecule has 0 heterocycles. The largest absolute Gasteiger partial charge is 0.383 e. The summed E-state index contributed by atoms with van der Waals surface area (Å²) in [5.74, 6) is -0.570. The number of methoxy groups -OCH3 is 1. The quantitative estimate of drug-likeness (QED) is 0.733. The van der Waals surface area contributed by atoms with E-state index in [1.54, 1.807) is 19.2 Å². The van der Waals surface area contributed by atoms with Gasteiger partial charge < -0.3 is 9.64 Å². The van der Waals surface area contributed by atoms with Crippen molar-refractivity contribution in [3.8, 4) is 0 Å². The summed E-state index contributed by atoms with van der Waals surface area (Å²) in [6, 6.07) is 5.91. The fourth-order valence-corrected chi connectivity index (χ4v) is 1.63. The third-order valence-electron chi connectivity index (χ3n) is 2.31. The SMILES string of the molecule is COCCN(CCCl)C(=O)c1ccccc1F. The Balaban J connectivity index is 2.80. The summed E-state index contributed by atoms with van der Waals surface area (Å²) in [5.41, 5.74) is 0.0636. The number of halogens is 2. The standard InChI is InChI=1S/C12H15ClFNO2/c1-17-9-8-15(7-6-13)12(16)10-4-2-3-5-11(10)14/h2-5H,6-9H2,1H3. The number of carbonyl (C=O) groups excluding carboxylic acids is 1. The fourth-order valence-electron chi connectivity index (χ4n) is 1.42. The number of carbonyl (C=O) groups is 1. The highest BCUT2D eigenvalue weighted by Gasteiger charge is 2.17. The van der Waals surface area contributed by atoms with Crippen LogP contribution in [-0.2, 0) is 4.74 Å². The Bertz CT molecular complexity index is 373. The van der Waals surface area contributed by atoms with Crippen LogP contribution in [0.1, 0.15) is 10.4 Å². The zero-order valence-electron chi connectivity index (χ0n) is 9.66. The van der Waals surface area contributed by atoms with Crippen molar-refractivity contribution in [3.63, 3.8) is 0 Å². The molecule has 17 heavy (non-hydrogen) atoms. The molecule has 1 amide bonds. The molecule has 1 aromatic rings. The van der Waals surface area contributed by atoms with Crippen molar-refractivity contribution >= 4 is 17.5 Å². The molecule has 0 bridgehead atoms. The summed E-state index contributed by atoms with van der Waals surface area (Å²) in [4.78, 5) is 13.5. The zero-order valence-corrected chi connectivity index (χ0v) is 10.4. The number of amides is 1. The molecule has 0 aromatic heterocycles. The second kappa shape index (κ2) is 7.25. The fraction of sp³-hybridized carbons (Fsp3) is 0.417. The second-order valence-electron chi connectivity index (χ2n) is 3.45. The van der Waals surface area contributed by atoms with Gasteiger partial charge in [0.1, 0.15) is 5.82 Å². The van der Waals surface area contributed by atoms with Crippen LogP contribution >= 0.6 is 11.6 Å². The van der Waals surface area contributed by atoms with Gasteiger partial charge in [-0.05, 0) is 12.1 Å². The van der Waals surface area contributed by atoms with Crippen molar-refractivity contribution in [3.05, 3.63) is 35.6 Å². The number of ether oxygens (including phenoxy) is 1. The van der Waals surface area contributed by atoms with Gasteiger partial charge in [0.25, 0.3) is 5.91 Å². The van der Waals surface area contributed by atoms with E-state index in [2.05, 4.69) is 0 Å². The molecular weight excluding hydrogens is 245 g/mol. The summed E-state index contributed by atoms with van der Waals surface area (Å²) in [6.07, 6.45) is 0. The van der Waals surface area contributed by atoms with Gasteiger partial charge in [-0.2, -0.15) is 0 Å². The van der Waals surface area contributed by atoms with E-state index in [0.29, 0.717) is 25.6 Å². The minimum Gasteiger partial charge on any atom is -0.383 e. The maximum atomic E-state index is 13.5. The number of rotatable bonds is 6. The number of hydrogen-bond acceptors (Lipinski definition) is 2. The van der Waals surface area contributed by atoms with Crippen LogP contribution in [0.2, 0.25) is 0 Å². The molecule has 0 atom stereocenters. The van der Waals surface area contributed by atoms with E-state index in [-0.39, 0.29) is 11.5 Å². The van der Waals surface area contributed by atoms with Gasteiger partial charge >= 0.3 is 0 Å². The van der Waals surface area contributed by atoms with Crippen LogP contribution in [0.25, 0.3) is 0 Å². The van der Waals surface area contributed by atoms with Crippen molar-refractivity contribution in [2.45, 2.75) is 0 Å². The molecule has 0 aliphatic carbocycles. The predicted molar refractivity (Wildman–Crippen MR) is 64.9 cm³/mol. The number of alkyl halides is 1. The Morgan fingerprint density at radius 2 is 2.12 bits per heavy atom. The Morgan fingerprint density at radius 1 is 1.41 bits per heavy atom. The highest BCUT2D eigenvalue weighted by molar-refractivity contribution is 6.18. The lowest BCUT2D eigenvalue weighted by Crippen LogP contribution is -2.35. The normalized spacial score (nSPS) is 10.3. The molecule has 0 saturated carbocycles. The maximum absolute atomic E-state index is 13.5. The molecule has 0 fully saturated rings. The highest BCUT2D eigenvalue weighted by atomic mass is 35.5.